The number of benzene rings is 1. The van der Waals surface area contributed by atoms with Gasteiger partial charge in [0.25, 0.3) is 0 Å². The predicted molar refractivity (Wildman–Crippen MR) is 87.7 cm³/mol. The molecule has 0 saturated heterocycles. The van der Waals surface area contributed by atoms with Gasteiger partial charge >= 0.3 is 0 Å². The second kappa shape index (κ2) is 5.22. The summed E-state index contributed by atoms with van der Waals surface area (Å²) in [5.41, 5.74) is 9.37. The van der Waals surface area contributed by atoms with Crippen LogP contribution < -0.4 is 5.73 Å². The second-order valence-corrected chi connectivity index (χ2v) is 7.67. The summed E-state index contributed by atoms with van der Waals surface area (Å²) < 4.78 is 0. The highest BCUT2D eigenvalue weighted by Gasteiger charge is 2.37. The smallest absolute Gasteiger partial charge is 0.113 e. The first-order valence-electron chi connectivity index (χ1n) is 8.07. The van der Waals surface area contributed by atoms with E-state index in [0.29, 0.717) is 5.92 Å². The van der Waals surface area contributed by atoms with Crippen LogP contribution in [0.25, 0.3) is 0 Å². The predicted octanol–water partition coefficient (Wildman–Crippen LogP) is 4.14. The quantitative estimate of drug-likeness (QED) is 0.905. The second-order valence-electron chi connectivity index (χ2n) is 6.58. The average molecular weight is 298 g/mol. The Morgan fingerprint density at radius 1 is 1.10 bits per heavy atom. The maximum atomic E-state index is 6.73. The molecule has 2 N–H and O–H groups in total. The zero-order valence-electron chi connectivity index (χ0n) is 12.3. The Labute approximate surface area is 130 Å². The van der Waals surface area contributed by atoms with E-state index in [-0.39, 0.29) is 5.54 Å². The van der Waals surface area contributed by atoms with E-state index in [2.05, 4.69) is 30.3 Å². The van der Waals surface area contributed by atoms with Gasteiger partial charge in [-0.2, -0.15) is 0 Å². The van der Waals surface area contributed by atoms with E-state index in [4.69, 9.17) is 10.7 Å². The molecule has 2 nitrogen and oxygen atoms in total. The van der Waals surface area contributed by atoms with Gasteiger partial charge in [0.05, 0.1) is 11.2 Å². The third kappa shape index (κ3) is 2.43. The van der Waals surface area contributed by atoms with E-state index in [1.165, 1.54) is 46.8 Å². The van der Waals surface area contributed by atoms with Crippen LogP contribution in [-0.4, -0.2) is 4.98 Å². The van der Waals surface area contributed by atoms with Crippen molar-refractivity contribution in [3.05, 3.63) is 51.5 Å². The molecule has 1 aromatic heterocycles. The fourth-order valence-corrected chi connectivity index (χ4v) is 5.12. The van der Waals surface area contributed by atoms with E-state index in [1.807, 2.05) is 11.3 Å². The molecule has 0 aliphatic heterocycles. The summed E-state index contributed by atoms with van der Waals surface area (Å²) in [7, 11) is 0. The van der Waals surface area contributed by atoms with Crippen LogP contribution in [0.15, 0.2) is 30.3 Å². The van der Waals surface area contributed by atoms with Gasteiger partial charge in [-0.3, -0.25) is 0 Å². The highest BCUT2D eigenvalue weighted by molar-refractivity contribution is 7.12. The van der Waals surface area contributed by atoms with E-state index in [0.717, 1.165) is 19.3 Å². The average Bonchev–Trinajstić information content (AvgIpc) is 3.10. The molecule has 0 amide bonds. The Hall–Kier alpha value is -1.19. The van der Waals surface area contributed by atoms with E-state index in [9.17, 15) is 0 Å². The van der Waals surface area contributed by atoms with E-state index in [1.54, 1.807) is 0 Å². The SMILES string of the molecule is NC1(c2nc3c(s2)CCC3)CCC(c2ccccc2)CC1. The topological polar surface area (TPSA) is 38.9 Å². The van der Waals surface area contributed by atoms with Crippen molar-refractivity contribution in [3.63, 3.8) is 0 Å². The molecule has 0 atom stereocenters. The van der Waals surface area contributed by atoms with Gasteiger partial charge < -0.3 is 5.73 Å². The van der Waals surface area contributed by atoms with Crippen molar-refractivity contribution in [2.45, 2.75) is 56.4 Å². The number of nitrogens with zero attached hydrogens (tertiary/aromatic N) is 1. The molecule has 1 fully saturated rings. The summed E-state index contributed by atoms with van der Waals surface area (Å²) in [6.45, 7) is 0. The van der Waals surface area contributed by atoms with Crippen LogP contribution in [0.1, 0.15) is 59.2 Å². The van der Waals surface area contributed by atoms with Gasteiger partial charge in [-0.1, -0.05) is 30.3 Å². The Bertz CT molecular complexity index is 602. The minimum atomic E-state index is -0.166. The number of aryl methyl sites for hydroxylation is 2. The number of hydrogen-bond donors (Lipinski definition) is 1. The van der Waals surface area contributed by atoms with Crippen LogP contribution in [-0.2, 0) is 18.4 Å². The van der Waals surface area contributed by atoms with Crippen LogP contribution >= 0.6 is 11.3 Å². The highest BCUT2D eigenvalue weighted by atomic mass is 32.1. The molecule has 0 bridgehead atoms. The Kier molecular flexibility index (Phi) is 3.35. The van der Waals surface area contributed by atoms with E-state index < -0.39 is 0 Å². The zero-order valence-corrected chi connectivity index (χ0v) is 13.2. The fourth-order valence-electron chi connectivity index (χ4n) is 3.81. The Balaban J connectivity index is 1.50. The number of rotatable bonds is 2. The standard InChI is InChI=1S/C18H22N2S/c19-18(17-20-15-7-4-8-16(15)21-17)11-9-14(10-12-18)13-5-2-1-3-6-13/h1-3,5-6,14H,4,7-12,19H2. The molecule has 4 rings (SSSR count). The fraction of sp³-hybridized carbons (Fsp3) is 0.500. The molecule has 2 aliphatic carbocycles. The summed E-state index contributed by atoms with van der Waals surface area (Å²) in [5.74, 6) is 0.676. The van der Waals surface area contributed by atoms with Gasteiger partial charge in [-0.15, -0.1) is 11.3 Å². The monoisotopic (exact) mass is 298 g/mol. The number of nitrogens with two attached hydrogens (primary N) is 1. The van der Waals surface area contributed by atoms with Crippen molar-refractivity contribution in [2.24, 2.45) is 5.73 Å². The normalized spacial score (nSPS) is 28.5. The van der Waals surface area contributed by atoms with Gasteiger partial charge in [0.2, 0.25) is 0 Å². The largest absolute Gasteiger partial charge is 0.319 e. The molecule has 0 radical (unpaired) electrons. The molecule has 0 unspecified atom stereocenters. The van der Waals surface area contributed by atoms with Crippen LogP contribution in [0.2, 0.25) is 0 Å². The first kappa shape index (κ1) is 13.5. The van der Waals surface area contributed by atoms with Gasteiger partial charge in [0, 0.05) is 4.88 Å². The van der Waals surface area contributed by atoms with Crippen LogP contribution in [0.3, 0.4) is 0 Å². The molecule has 1 saturated carbocycles. The molecule has 1 heterocycles. The maximum Gasteiger partial charge on any atom is 0.113 e. The molecule has 1 aromatic carbocycles. The Morgan fingerprint density at radius 2 is 1.86 bits per heavy atom. The summed E-state index contributed by atoms with van der Waals surface area (Å²) in [6, 6.07) is 10.9. The lowest BCUT2D eigenvalue weighted by Crippen LogP contribution is -2.40. The molecule has 2 aromatic rings. The molecular weight excluding hydrogens is 276 g/mol. The molecule has 21 heavy (non-hydrogen) atoms. The maximum absolute atomic E-state index is 6.73. The van der Waals surface area contributed by atoms with Gasteiger partial charge in [-0.25, -0.2) is 4.98 Å². The lowest BCUT2D eigenvalue weighted by Gasteiger charge is -2.36. The molecule has 2 aliphatic rings. The van der Waals surface area contributed by atoms with Crippen molar-refractivity contribution >= 4 is 11.3 Å². The van der Waals surface area contributed by atoms with Crippen LogP contribution in [0.5, 0.6) is 0 Å². The van der Waals surface area contributed by atoms with Gasteiger partial charge in [0.15, 0.2) is 0 Å². The van der Waals surface area contributed by atoms with Crippen LogP contribution in [0.4, 0.5) is 0 Å². The van der Waals surface area contributed by atoms with Gasteiger partial charge in [0.1, 0.15) is 5.01 Å². The molecule has 3 heteroatoms. The van der Waals surface area contributed by atoms with Crippen molar-refractivity contribution in [1.29, 1.82) is 0 Å². The molecule has 110 valence electrons. The zero-order chi connectivity index (χ0) is 14.3. The lowest BCUT2D eigenvalue weighted by atomic mass is 9.75. The Morgan fingerprint density at radius 3 is 2.57 bits per heavy atom. The first-order chi connectivity index (χ1) is 10.2. The van der Waals surface area contributed by atoms with Gasteiger partial charge in [-0.05, 0) is 56.4 Å². The number of aromatic nitrogens is 1. The number of thiazole rings is 1. The summed E-state index contributed by atoms with van der Waals surface area (Å²) in [5, 5.41) is 1.21. The summed E-state index contributed by atoms with van der Waals surface area (Å²) >= 11 is 1.89. The third-order valence-electron chi connectivity index (χ3n) is 5.17. The highest BCUT2D eigenvalue weighted by Crippen LogP contribution is 2.44. The summed E-state index contributed by atoms with van der Waals surface area (Å²) in [6.07, 6.45) is 8.17. The lowest BCUT2D eigenvalue weighted by molar-refractivity contribution is 0.276. The third-order valence-corrected chi connectivity index (χ3v) is 6.55. The minimum Gasteiger partial charge on any atom is -0.319 e. The first-order valence-corrected chi connectivity index (χ1v) is 8.89. The molecule has 0 spiro atoms. The van der Waals surface area contributed by atoms with Crippen molar-refractivity contribution < 1.29 is 0 Å². The number of hydrogen-bond acceptors (Lipinski definition) is 3. The van der Waals surface area contributed by atoms with Crippen molar-refractivity contribution in [3.8, 4) is 0 Å². The van der Waals surface area contributed by atoms with E-state index >= 15 is 0 Å². The minimum absolute atomic E-state index is 0.166. The summed E-state index contributed by atoms with van der Waals surface area (Å²) in [4.78, 5) is 6.38. The van der Waals surface area contributed by atoms with Crippen LogP contribution in [0, 0.1) is 0 Å². The van der Waals surface area contributed by atoms with Crippen molar-refractivity contribution in [2.75, 3.05) is 0 Å². The van der Waals surface area contributed by atoms with Crippen molar-refractivity contribution in [1.82, 2.24) is 4.98 Å². The number of fused-ring (bicyclic) bond motifs is 1. The molecular formula is C18H22N2S.